The summed E-state index contributed by atoms with van der Waals surface area (Å²) in [7, 11) is 2.03. The van der Waals surface area contributed by atoms with E-state index in [1.807, 2.05) is 43.4 Å². The van der Waals surface area contributed by atoms with E-state index in [9.17, 15) is 4.79 Å². The number of carbonyl (C=O) groups excluding carboxylic acids is 1. The van der Waals surface area contributed by atoms with Gasteiger partial charge in [-0.3, -0.25) is 4.79 Å². The second-order valence-electron chi connectivity index (χ2n) is 6.79. The summed E-state index contributed by atoms with van der Waals surface area (Å²) < 4.78 is 7.96. The van der Waals surface area contributed by atoms with Crippen LogP contribution in [0.5, 0.6) is 5.75 Å². The normalized spacial score (nSPS) is 15.7. The van der Waals surface area contributed by atoms with Gasteiger partial charge in [0.05, 0.1) is 17.6 Å². The van der Waals surface area contributed by atoms with Crippen LogP contribution in [-0.4, -0.2) is 28.1 Å². The SMILES string of the molecule is Cn1c(CCCC(=O)NCC2Cc3ccccc3O2)nc2ccccc21. The van der Waals surface area contributed by atoms with Crippen LogP contribution in [0.15, 0.2) is 48.5 Å². The largest absolute Gasteiger partial charge is 0.488 e. The number of carbonyl (C=O) groups is 1. The maximum absolute atomic E-state index is 12.1. The number of hydrogen-bond donors (Lipinski definition) is 1. The topological polar surface area (TPSA) is 56.2 Å². The molecule has 0 spiro atoms. The van der Waals surface area contributed by atoms with Gasteiger partial charge >= 0.3 is 0 Å². The number of benzene rings is 2. The van der Waals surface area contributed by atoms with Gasteiger partial charge in [0.1, 0.15) is 17.7 Å². The van der Waals surface area contributed by atoms with Crippen LogP contribution in [0.1, 0.15) is 24.2 Å². The van der Waals surface area contributed by atoms with Gasteiger partial charge in [0.2, 0.25) is 5.91 Å². The van der Waals surface area contributed by atoms with Gasteiger partial charge in [0.25, 0.3) is 0 Å². The quantitative estimate of drug-likeness (QED) is 0.744. The Balaban J connectivity index is 1.23. The van der Waals surface area contributed by atoms with Gasteiger partial charge in [-0.15, -0.1) is 0 Å². The molecule has 0 fully saturated rings. The number of rotatable bonds is 6. The van der Waals surface area contributed by atoms with E-state index in [2.05, 4.69) is 27.0 Å². The zero-order valence-electron chi connectivity index (χ0n) is 14.9. The zero-order valence-corrected chi connectivity index (χ0v) is 14.9. The molecule has 1 N–H and O–H groups in total. The molecule has 1 amide bonds. The maximum atomic E-state index is 12.1. The van der Waals surface area contributed by atoms with Crippen LogP contribution >= 0.6 is 0 Å². The van der Waals surface area contributed by atoms with Crippen molar-refractivity contribution in [2.24, 2.45) is 7.05 Å². The highest BCUT2D eigenvalue weighted by Crippen LogP contribution is 2.27. The van der Waals surface area contributed by atoms with Crippen LogP contribution in [0.25, 0.3) is 11.0 Å². The van der Waals surface area contributed by atoms with E-state index >= 15 is 0 Å². The first kappa shape index (κ1) is 16.6. The Kier molecular flexibility index (Phi) is 4.61. The van der Waals surface area contributed by atoms with Crippen LogP contribution in [-0.2, 0) is 24.7 Å². The first-order valence-electron chi connectivity index (χ1n) is 9.12. The molecule has 1 aromatic heterocycles. The summed E-state index contributed by atoms with van der Waals surface area (Å²) in [6, 6.07) is 16.1. The summed E-state index contributed by atoms with van der Waals surface area (Å²) in [5.41, 5.74) is 3.35. The Hall–Kier alpha value is -2.82. The van der Waals surface area contributed by atoms with E-state index in [1.54, 1.807) is 0 Å². The van der Waals surface area contributed by atoms with Gasteiger partial charge in [-0.25, -0.2) is 4.98 Å². The van der Waals surface area contributed by atoms with Crippen molar-refractivity contribution >= 4 is 16.9 Å². The number of para-hydroxylation sites is 3. The standard InChI is InChI=1S/C21H23N3O2/c1-24-18-9-4-3-8-17(18)23-20(24)11-6-12-21(25)22-14-16-13-15-7-2-5-10-19(15)26-16/h2-5,7-10,16H,6,11-14H2,1H3,(H,22,25). The highest BCUT2D eigenvalue weighted by molar-refractivity contribution is 5.76. The van der Waals surface area contributed by atoms with Crippen molar-refractivity contribution in [3.63, 3.8) is 0 Å². The molecule has 1 atom stereocenters. The molecule has 0 saturated carbocycles. The van der Waals surface area contributed by atoms with Crippen molar-refractivity contribution in [1.29, 1.82) is 0 Å². The van der Waals surface area contributed by atoms with E-state index < -0.39 is 0 Å². The predicted molar refractivity (Wildman–Crippen MR) is 101 cm³/mol. The lowest BCUT2D eigenvalue weighted by Crippen LogP contribution is -2.34. The molecular weight excluding hydrogens is 326 g/mol. The lowest BCUT2D eigenvalue weighted by molar-refractivity contribution is -0.121. The molecule has 1 aliphatic heterocycles. The summed E-state index contributed by atoms with van der Waals surface area (Å²) in [6.07, 6.45) is 2.98. The minimum absolute atomic E-state index is 0.0381. The number of fused-ring (bicyclic) bond motifs is 2. The summed E-state index contributed by atoms with van der Waals surface area (Å²) in [4.78, 5) is 16.8. The molecule has 5 nitrogen and oxygen atoms in total. The van der Waals surface area contributed by atoms with E-state index in [0.717, 1.165) is 41.9 Å². The van der Waals surface area contributed by atoms with Crippen molar-refractivity contribution in [2.45, 2.75) is 31.8 Å². The van der Waals surface area contributed by atoms with Gasteiger partial charge in [-0.05, 0) is 30.2 Å². The van der Waals surface area contributed by atoms with Crippen molar-refractivity contribution in [3.05, 3.63) is 59.9 Å². The monoisotopic (exact) mass is 349 g/mol. The van der Waals surface area contributed by atoms with Crippen LogP contribution in [0.3, 0.4) is 0 Å². The Bertz CT molecular complexity index is 907. The fourth-order valence-electron chi connectivity index (χ4n) is 3.51. The minimum Gasteiger partial charge on any atom is -0.488 e. The molecule has 0 aliphatic carbocycles. The van der Waals surface area contributed by atoms with E-state index in [4.69, 9.17) is 4.74 Å². The second-order valence-corrected chi connectivity index (χ2v) is 6.79. The molecule has 3 aromatic rings. The average molecular weight is 349 g/mol. The summed E-state index contributed by atoms with van der Waals surface area (Å²) in [6.45, 7) is 0.555. The lowest BCUT2D eigenvalue weighted by Gasteiger charge is -2.12. The van der Waals surface area contributed by atoms with E-state index in [1.165, 1.54) is 5.56 Å². The highest BCUT2D eigenvalue weighted by Gasteiger charge is 2.22. The number of ether oxygens (including phenoxy) is 1. The highest BCUT2D eigenvalue weighted by atomic mass is 16.5. The Morgan fingerprint density at radius 1 is 1.23 bits per heavy atom. The van der Waals surface area contributed by atoms with Crippen LogP contribution in [0.2, 0.25) is 0 Å². The summed E-state index contributed by atoms with van der Waals surface area (Å²) >= 11 is 0. The number of nitrogens with zero attached hydrogens (tertiary/aromatic N) is 2. The molecule has 0 saturated heterocycles. The first-order valence-corrected chi connectivity index (χ1v) is 9.12. The van der Waals surface area contributed by atoms with Crippen LogP contribution in [0.4, 0.5) is 0 Å². The van der Waals surface area contributed by atoms with Gasteiger partial charge in [0, 0.05) is 26.3 Å². The molecule has 0 radical (unpaired) electrons. The zero-order chi connectivity index (χ0) is 17.9. The maximum Gasteiger partial charge on any atom is 0.220 e. The van der Waals surface area contributed by atoms with Crippen LogP contribution < -0.4 is 10.1 Å². The van der Waals surface area contributed by atoms with Crippen molar-refractivity contribution in [1.82, 2.24) is 14.9 Å². The minimum atomic E-state index is 0.0381. The second kappa shape index (κ2) is 7.20. The van der Waals surface area contributed by atoms with E-state index in [-0.39, 0.29) is 12.0 Å². The van der Waals surface area contributed by atoms with Crippen LogP contribution in [0, 0.1) is 0 Å². The molecule has 26 heavy (non-hydrogen) atoms. The fourth-order valence-corrected chi connectivity index (χ4v) is 3.51. The Morgan fingerprint density at radius 2 is 2.04 bits per heavy atom. The van der Waals surface area contributed by atoms with Crippen molar-refractivity contribution < 1.29 is 9.53 Å². The van der Waals surface area contributed by atoms with Crippen molar-refractivity contribution in [3.8, 4) is 5.75 Å². The number of imidazole rings is 1. The molecule has 5 heteroatoms. The number of nitrogens with one attached hydrogen (secondary N) is 1. The molecule has 1 unspecified atom stereocenters. The Morgan fingerprint density at radius 3 is 2.88 bits per heavy atom. The molecule has 1 aliphatic rings. The third-order valence-electron chi connectivity index (χ3n) is 4.92. The first-order chi connectivity index (χ1) is 12.7. The van der Waals surface area contributed by atoms with Gasteiger partial charge < -0.3 is 14.6 Å². The molecule has 0 bridgehead atoms. The molecule has 2 aromatic carbocycles. The average Bonchev–Trinajstić information content (AvgIpc) is 3.21. The van der Waals surface area contributed by atoms with Gasteiger partial charge in [0.15, 0.2) is 0 Å². The number of amides is 1. The number of aromatic nitrogens is 2. The predicted octanol–water partition coefficient (Wildman–Crippen LogP) is 3.02. The summed E-state index contributed by atoms with van der Waals surface area (Å²) in [5, 5.41) is 3.00. The molecular formula is C21H23N3O2. The fraction of sp³-hybridized carbons (Fsp3) is 0.333. The Labute approximate surface area is 153 Å². The molecule has 4 rings (SSSR count). The number of hydrogen-bond acceptors (Lipinski definition) is 3. The van der Waals surface area contributed by atoms with Crippen molar-refractivity contribution in [2.75, 3.05) is 6.54 Å². The summed E-state index contributed by atoms with van der Waals surface area (Å²) in [5.74, 6) is 2.03. The lowest BCUT2D eigenvalue weighted by atomic mass is 10.1. The molecule has 2 heterocycles. The third-order valence-corrected chi connectivity index (χ3v) is 4.92. The number of aryl methyl sites for hydroxylation is 2. The smallest absolute Gasteiger partial charge is 0.220 e. The molecule has 134 valence electrons. The van der Waals surface area contributed by atoms with Gasteiger partial charge in [-0.2, -0.15) is 0 Å². The third kappa shape index (κ3) is 3.43. The van der Waals surface area contributed by atoms with Gasteiger partial charge in [-0.1, -0.05) is 30.3 Å². The van der Waals surface area contributed by atoms with E-state index in [0.29, 0.717) is 13.0 Å².